The molecule has 88 valence electrons. The Morgan fingerprint density at radius 2 is 1.33 bits per heavy atom. The normalized spacial score (nSPS) is 10.5. The number of hydrogen-bond donors (Lipinski definition) is 1. The van der Waals surface area contributed by atoms with Crippen LogP contribution in [0.4, 0.5) is 0 Å². The summed E-state index contributed by atoms with van der Waals surface area (Å²) in [5, 5.41) is 0. The zero-order chi connectivity index (χ0) is 12.4. The van der Waals surface area contributed by atoms with Gasteiger partial charge >= 0.3 is 0 Å². The fraction of sp³-hybridized carbons (Fsp3) is 0. The molecule has 0 saturated carbocycles. The molecule has 0 amide bonds. The topological polar surface area (TPSA) is 28.7 Å². The van der Waals surface area contributed by atoms with Gasteiger partial charge in [-0.05, 0) is 28.8 Å². The van der Waals surface area contributed by atoms with E-state index in [1.807, 2.05) is 6.20 Å². The molecule has 0 aliphatic heterocycles. The van der Waals surface area contributed by atoms with Gasteiger partial charge in [-0.3, -0.25) is 0 Å². The first-order valence-corrected chi connectivity index (χ1v) is 6.47. The van der Waals surface area contributed by atoms with Crippen molar-refractivity contribution in [2.24, 2.45) is 0 Å². The van der Waals surface area contributed by atoms with Crippen molar-refractivity contribution < 1.29 is 0 Å². The molecule has 1 heterocycles. The van der Waals surface area contributed by atoms with E-state index in [2.05, 4.69) is 74.4 Å². The van der Waals surface area contributed by atoms with E-state index in [1.54, 1.807) is 6.33 Å². The summed E-state index contributed by atoms with van der Waals surface area (Å²) in [6, 6.07) is 16.8. The highest BCUT2D eigenvalue weighted by molar-refractivity contribution is 9.10. The molecule has 0 spiro atoms. The molecule has 2 aromatic carbocycles. The average Bonchev–Trinajstić information content (AvgIpc) is 2.94. The minimum atomic E-state index is 1.04. The van der Waals surface area contributed by atoms with Crippen molar-refractivity contribution in [2.45, 2.75) is 0 Å². The Morgan fingerprint density at radius 1 is 0.778 bits per heavy atom. The smallest absolute Gasteiger partial charge is 0.0924 e. The Morgan fingerprint density at radius 3 is 1.89 bits per heavy atom. The molecule has 1 aromatic heterocycles. The molecule has 3 heteroatoms. The van der Waals surface area contributed by atoms with Gasteiger partial charge in [-0.25, -0.2) is 4.98 Å². The van der Waals surface area contributed by atoms with E-state index in [9.17, 15) is 0 Å². The first-order chi connectivity index (χ1) is 8.83. The third kappa shape index (κ3) is 2.22. The van der Waals surface area contributed by atoms with Gasteiger partial charge in [0.1, 0.15) is 0 Å². The summed E-state index contributed by atoms with van der Waals surface area (Å²) in [5.41, 5.74) is 4.62. The summed E-state index contributed by atoms with van der Waals surface area (Å²) < 4.78 is 1.10. The Hall–Kier alpha value is -1.87. The van der Waals surface area contributed by atoms with E-state index in [4.69, 9.17) is 0 Å². The van der Waals surface area contributed by atoms with Crippen LogP contribution in [0.1, 0.15) is 0 Å². The molecule has 0 unspecified atom stereocenters. The Balaban J connectivity index is 1.94. The zero-order valence-corrected chi connectivity index (χ0v) is 11.2. The van der Waals surface area contributed by atoms with E-state index >= 15 is 0 Å². The maximum absolute atomic E-state index is 4.03. The summed E-state index contributed by atoms with van der Waals surface area (Å²) in [4.78, 5) is 7.13. The number of hydrogen-bond acceptors (Lipinski definition) is 1. The molecule has 0 bridgehead atoms. The largest absolute Gasteiger partial charge is 0.345 e. The van der Waals surface area contributed by atoms with E-state index in [1.165, 1.54) is 11.1 Å². The van der Waals surface area contributed by atoms with Gasteiger partial charge in [-0.15, -0.1) is 0 Å². The summed E-state index contributed by atoms with van der Waals surface area (Å²) in [5.74, 6) is 0. The lowest BCUT2D eigenvalue weighted by Gasteiger charge is -2.03. The van der Waals surface area contributed by atoms with Crippen LogP contribution in [0.3, 0.4) is 0 Å². The molecule has 0 aliphatic rings. The fourth-order valence-electron chi connectivity index (χ4n) is 1.90. The average molecular weight is 299 g/mol. The number of rotatable bonds is 2. The van der Waals surface area contributed by atoms with Crippen molar-refractivity contribution in [3.63, 3.8) is 0 Å². The molecule has 0 aliphatic carbocycles. The molecular formula is C15H11BrN2. The Bertz CT molecular complexity index is 625. The van der Waals surface area contributed by atoms with E-state index in [0.717, 1.165) is 15.7 Å². The van der Waals surface area contributed by atoms with Crippen LogP contribution in [0.15, 0.2) is 65.5 Å². The molecule has 3 aromatic rings. The number of aromatic nitrogens is 2. The molecule has 2 nitrogen and oxygen atoms in total. The number of aromatic amines is 1. The van der Waals surface area contributed by atoms with Crippen LogP contribution in [0.2, 0.25) is 0 Å². The molecule has 0 fully saturated rings. The number of benzene rings is 2. The van der Waals surface area contributed by atoms with Gasteiger partial charge in [0.25, 0.3) is 0 Å². The van der Waals surface area contributed by atoms with Crippen LogP contribution in [0.25, 0.3) is 22.4 Å². The molecule has 0 radical (unpaired) electrons. The van der Waals surface area contributed by atoms with Gasteiger partial charge in [0.05, 0.1) is 18.2 Å². The van der Waals surface area contributed by atoms with Crippen LogP contribution in [0.5, 0.6) is 0 Å². The molecular weight excluding hydrogens is 288 g/mol. The summed E-state index contributed by atoms with van der Waals surface area (Å²) >= 11 is 3.44. The highest BCUT2D eigenvalue weighted by Gasteiger charge is 2.00. The van der Waals surface area contributed by atoms with Gasteiger partial charge in [-0.1, -0.05) is 52.3 Å². The van der Waals surface area contributed by atoms with Crippen molar-refractivity contribution in [3.8, 4) is 22.4 Å². The maximum Gasteiger partial charge on any atom is 0.0924 e. The van der Waals surface area contributed by atoms with Crippen LogP contribution in [-0.2, 0) is 0 Å². The van der Waals surface area contributed by atoms with Gasteiger partial charge in [-0.2, -0.15) is 0 Å². The molecule has 0 atom stereocenters. The SMILES string of the molecule is Brc1ccc(-c2ccc(-c3cnc[nH]3)cc2)cc1. The van der Waals surface area contributed by atoms with E-state index in [0.29, 0.717) is 0 Å². The van der Waals surface area contributed by atoms with Crippen molar-refractivity contribution in [1.82, 2.24) is 9.97 Å². The summed E-state index contributed by atoms with van der Waals surface area (Å²) in [6.07, 6.45) is 3.52. The van der Waals surface area contributed by atoms with Gasteiger partial charge in [0, 0.05) is 4.47 Å². The first-order valence-electron chi connectivity index (χ1n) is 5.68. The number of imidazole rings is 1. The van der Waals surface area contributed by atoms with Crippen molar-refractivity contribution in [3.05, 3.63) is 65.5 Å². The first kappa shape index (κ1) is 11.2. The van der Waals surface area contributed by atoms with Crippen LogP contribution < -0.4 is 0 Å². The second-order valence-electron chi connectivity index (χ2n) is 4.05. The van der Waals surface area contributed by atoms with Crippen LogP contribution in [-0.4, -0.2) is 9.97 Å². The summed E-state index contributed by atoms with van der Waals surface area (Å²) in [7, 11) is 0. The molecule has 1 N–H and O–H groups in total. The van der Waals surface area contributed by atoms with Crippen molar-refractivity contribution >= 4 is 15.9 Å². The summed E-state index contributed by atoms with van der Waals surface area (Å²) in [6.45, 7) is 0. The molecule has 18 heavy (non-hydrogen) atoms. The second kappa shape index (κ2) is 4.78. The lowest BCUT2D eigenvalue weighted by molar-refractivity contribution is 1.31. The second-order valence-corrected chi connectivity index (χ2v) is 4.97. The van der Waals surface area contributed by atoms with Gasteiger partial charge in [0.15, 0.2) is 0 Å². The molecule has 0 saturated heterocycles. The van der Waals surface area contributed by atoms with Crippen molar-refractivity contribution in [1.29, 1.82) is 0 Å². The quantitative estimate of drug-likeness (QED) is 0.741. The predicted octanol–water partition coefficient (Wildman–Crippen LogP) is 4.51. The minimum Gasteiger partial charge on any atom is -0.345 e. The molecule has 3 rings (SSSR count). The predicted molar refractivity (Wildman–Crippen MR) is 77.2 cm³/mol. The highest BCUT2D eigenvalue weighted by Crippen LogP contribution is 2.24. The zero-order valence-electron chi connectivity index (χ0n) is 9.60. The third-order valence-corrected chi connectivity index (χ3v) is 3.40. The lowest BCUT2D eigenvalue weighted by Crippen LogP contribution is -1.80. The number of nitrogens with one attached hydrogen (secondary N) is 1. The monoisotopic (exact) mass is 298 g/mol. The van der Waals surface area contributed by atoms with E-state index < -0.39 is 0 Å². The van der Waals surface area contributed by atoms with Gasteiger partial charge in [0.2, 0.25) is 0 Å². The fourth-order valence-corrected chi connectivity index (χ4v) is 2.16. The van der Waals surface area contributed by atoms with Gasteiger partial charge < -0.3 is 4.98 Å². The Labute approximate surface area is 114 Å². The standard InChI is InChI=1S/C15H11BrN2/c16-14-7-5-12(6-8-14)11-1-3-13(4-2-11)15-9-17-10-18-15/h1-10H,(H,17,18). The van der Waals surface area contributed by atoms with E-state index in [-0.39, 0.29) is 0 Å². The minimum absolute atomic E-state index is 1.04. The van der Waals surface area contributed by atoms with Crippen LogP contribution in [0, 0.1) is 0 Å². The lowest BCUT2D eigenvalue weighted by atomic mass is 10.0. The third-order valence-electron chi connectivity index (χ3n) is 2.87. The maximum atomic E-state index is 4.03. The number of nitrogens with zero attached hydrogens (tertiary/aromatic N) is 1. The highest BCUT2D eigenvalue weighted by atomic mass is 79.9. The van der Waals surface area contributed by atoms with Crippen LogP contribution >= 0.6 is 15.9 Å². The Kier molecular flexibility index (Phi) is 2.99. The van der Waals surface area contributed by atoms with Crippen molar-refractivity contribution in [2.75, 3.05) is 0 Å². The number of H-pyrrole nitrogens is 1. The number of halogens is 1.